The fourth-order valence-corrected chi connectivity index (χ4v) is 2.19. The molecule has 0 aliphatic carbocycles. The van der Waals surface area contributed by atoms with E-state index in [9.17, 15) is 5.11 Å². The minimum Gasteiger partial charge on any atom is -0.458 e. The molecule has 2 aromatic rings. The van der Waals surface area contributed by atoms with Crippen LogP contribution >= 0.6 is 23.8 Å². The van der Waals surface area contributed by atoms with Crippen LogP contribution < -0.4 is 4.74 Å². The highest BCUT2D eigenvalue weighted by atomic mass is 35.5. The summed E-state index contributed by atoms with van der Waals surface area (Å²) in [4.78, 5) is 6.87. The Morgan fingerprint density at radius 1 is 1.47 bits per heavy atom. The minimum absolute atomic E-state index is 0.351. The van der Waals surface area contributed by atoms with E-state index in [0.717, 1.165) is 5.56 Å². The van der Waals surface area contributed by atoms with Gasteiger partial charge in [0.25, 0.3) is 0 Å². The number of aromatic amines is 1. The lowest BCUT2D eigenvalue weighted by Crippen LogP contribution is -2.15. The number of ether oxygens (including phenoxy) is 1. The first-order valence-corrected chi connectivity index (χ1v) is 5.68. The normalized spacial score (nSPS) is 16.9. The van der Waals surface area contributed by atoms with E-state index < -0.39 is 6.29 Å². The summed E-state index contributed by atoms with van der Waals surface area (Å²) in [5, 5.41) is 10.3. The SMILES string of the molecule is OC1Oc2c(Cl)cccc2-c2[nH]c(=S)ncc21. The van der Waals surface area contributed by atoms with Gasteiger partial charge in [0.2, 0.25) is 6.29 Å². The van der Waals surface area contributed by atoms with Crippen LogP contribution in [0.5, 0.6) is 5.75 Å². The van der Waals surface area contributed by atoms with E-state index in [-0.39, 0.29) is 0 Å². The summed E-state index contributed by atoms with van der Waals surface area (Å²) in [7, 11) is 0. The van der Waals surface area contributed by atoms with Crippen molar-refractivity contribution in [2.24, 2.45) is 0 Å². The van der Waals surface area contributed by atoms with Crippen molar-refractivity contribution < 1.29 is 9.84 Å². The third-order valence-corrected chi connectivity index (χ3v) is 3.08. The number of nitrogens with zero attached hydrogens (tertiary/aromatic N) is 1. The molecule has 0 bridgehead atoms. The number of aliphatic hydroxyl groups excluding tert-OH is 1. The summed E-state index contributed by atoms with van der Waals surface area (Å²) in [6.07, 6.45) is 0.416. The molecule has 86 valence electrons. The number of fused-ring (bicyclic) bond motifs is 3. The maximum Gasteiger partial charge on any atom is 0.227 e. The van der Waals surface area contributed by atoms with E-state index in [1.807, 2.05) is 12.1 Å². The number of rotatable bonds is 0. The molecule has 0 spiro atoms. The van der Waals surface area contributed by atoms with Gasteiger partial charge >= 0.3 is 0 Å². The molecule has 1 aliphatic heterocycles. The monoisotopic (exact) mass is 266 g/mol. The van der Waals surface area contributed by atoms with Crippen LogP contribution in [0.1, 0.15) is 11.9 Å². The number of nitrogens with one attached hydrogen (secondary N) is 1. The van der Waals surface area contributed by atoms with E-state index in [4.69, 9.17) is 28.6 Å². The molecule has 0 amide bonds. The van der Waals surface area contributed by atoms with Gasteiger partial charge < -0.3 is 14.8 Å². The van der Waals surface area contributed by atoms with Crippen molar-refractivity contribution in [3.8, 4) is 17.0 Å². The molecule has 6 heteroatoms. The summed E-state index contributed by atoms with van der Waals surface area (Å²) in [6.45, 7) is 0. The highest BCUT2D eigenvalue weighted by molar-refractivity contribution is 7.71. The second kappa shape index (κ2) is 3.80. The Bertz CT molecular complexity index is 656. The van der Waals surface area contributed by atoms with Gasteiger partial charge in [-0.25, -0.2) is 4.98 Å². The number of aromatic nitrogens is 2. The van der Waals surface area contributed by atoms with E-state index in [0.29, 0.717) is 26.8 Å². The van der Waals surface area contributed by atoms with Gasteiger partial charge in [0.05, 0.1) is 16.3 Å². The molecule has 1 aromatic carbocycles. The van der Waals surface area contributed by atoms with Gasteiger partial charge in [0.15, 0.2) is 10.5 Å². The molecule has 0 fully saturated rings. The molecular formula is C11H7ClN2O2S. The van der Waals surface area contributed by atoms with E-state index in [1.54, 1.807) is 6.07 Å². The Kier molecular flexibility index (Phi) is 2.39. The zero-order valence-corrected chi connectivity index (χ0v) is 10.0. The molecule has 1 atom stereocenters. The first-order chi connectivity index (χ1) is 8.16. The molecular weight excluding hydrogens is 260 g/mol. The van der Waals surface area contributed by atoms with Crippen LogP contribution in [0.25, 0.3) is 11.3 Å². The Balaban J connectivity index is 2.36. The number of para-hydroxylation sites is 1. The van der Waals surface area contributed by atoms with Crippen LogP contribution in [0.2, 0.25) is 5.02 Å². The van der Waals surface area contributed by atoms with Gasteiger partial charge in [-0.1, -0.05) is 17.7 Å². The molecule has 0 radical (unpaired) electrons. The van der Waals surface area contributed by atoms with Crippen LogP contribution in [-0.4, -0.2) is 15.1 Å². The average Bonchev–Trinajstić information content (AvgIpc) is 2.31. The van der Waals surface area contributed by atoms with Gasteiger partial charge in [0, 0.05) is 11.8 Å². The highest BCUT2D eigenvalue weighted by Gasteiger charge is 2.26. The van der Waals surface area contributed by atoms with Crippen LogP contribution in [0.3, 0.4) is 0 Å². The van der Waals surface area contributed by atoms with E-state index in [1.165, 1.54) is 6.20 Å². The predicted octanol–water partition coefficient (Wildman–Crippen LogP) is 2.84. The number of hydrogen-bond donors (Lipinski definition) is 2. The molecule has 1 aliphatic rings. The van der Waals surface area contributed by atoms with Crippen LogP contribution in [0.15, 0.2) is 24.4 Å². The highest BCUT2D eigenvalue weighted by Crippen LogP contribution is 2.43. The number of benzene rings is 1. The first-order valence-electron chi connectivity index (χ1n) is 4.89. The third kappa shape index (κ3) is 1.63. The predicted molar refractivity (Wildman–Crippen MR) is 65.5 cm³/mol. The fourth-order valence-electron chi connectivity index (χ4n) is 1.81. The van der Waals surface area contributed by atoms with Gasteiger partial charge in [0.1, 0.15) is 0 Å². The van der Waals surface area contributed by atoms with Gasteiger partial charge in [-0.2, -0.15) is 0 Å². The van der Waals surface area contributed by atoms with Crippen molar-refractivity contribution in [2.75, 3.05) is 0 Å². The van der Waals surface area contributed by atoms with Crippen LogP contribution in [-0.2, 0) is 0 Å². The minimum atomic E-state index is -1.09. The second-order valence-corrected chi connectivity index (χ2v) is 4.40. The Morgan fingerprint density at radius 3 is 3.12 bits per heavy atom. The smallest absolute Gasteiger partial charge is 0.227 e. The zero-order valence-electron chi connectivity index (χ0n) is 8.48. The lowest BCUT2D eigenvalue weighted by Gasteiger charge is -2.24. The number of H-pyrrole nitrogens is 1. The van der Waals surface area contributed by atoms with Crippen molar-refractivity contribution in [1.82, 2.24) is 9.97 Å². The summed E-state index contributed by atoms with van der Waals surface area (Å²) in [5.74, 6) is 0.450. The molecule has 2 heterocycles. The molecule has 1 aromatic heterocycles. The van der Waals surface area contributed by atoms with Crippen molar-refractivity contribution in [2.45, 2.75) is 6.29 Å². The quantitative estimate of drug-likeness (QED) is 0.720. The number of aliphatic hydroxyl groups is 1. The van der Waals surface area contributed by atoms with E-state index >= 15 is 0 Å². The maximum absolute atomic E-state index is 9.85. The Morgan fingerprint density at radius 2 is 2.29 bits per heavy atom. The number of halogens is 1. The summed E-state index contributed by atoms with van der Waals surface area (Å²) >= 11 is 11.0. The average molecular weight is 267 g/mol. The lowest BCUT2D eigenvalue weighted by atomic mass is 10.0. The second-order valence-electron chi connectivity index (χ2n) is 3.61. The van der Waals surface area contributed by atoms with Crippen molar-refractivity contribution in [3.63, 3.8) is 0 Å². The van der Waals surface area contributed by atoms with Gasteiger partial charge in [-0.05, 0) is 24.4 Å². The molecule has 2 N–H and O–H groups in total. The van der Waals surface area contributed by atoms with Gasteiger partial charge in [-0.3, -0.25) is 0 Å². The fraction of sp³-hybridized carbons (Fsp3) is 0.0909. The van der Waals surface area contributed by atoms with Crippen LogP contribution in [0.4, 0.5) is 0 Å². The van der Waals surface area contributed by atoms with Gasteiger partial charge in [-0.15, -0.1) is 0 Å². The summed E-state index contributed by atoms with van der Waals surface area (Å²) in [6, 6.07) is 5.36. The van der Waals surface area contributed by atoms with Crippen molar-refractivity contribution >= 4 is 23.8 Å². The van der Waals surface area contributed by atoms with E-state index in [2.05, 4.69) is 9.97 Å². The molecule has 0 saturated heterocycles. The Hall–Kier alpha value is -1.43. The molecule has 1 unspecified atom stereocenters. The Labute approximate surface area is 107 Å². The summed E-state index contributed by atoms with van der Waals surface area (Å²) < 4.78 is 5.71. The summed E-state index contributed by atoms with van der Waals surface area (Å²) in [5.41, 5.74) is 2.01. The zero-order chi connectivity index (χ0) is 12.0. The molecule has 17 heavy (non-hydrogen) atoms. The first kappa shape index (κ1) is 10.7. The van der Waals surface area contributed by atoms with Crippen molar-refractivity contribution in [3.05, 3.63) is 39.8 Å². The van der Waals surface area contributed by atoms with Crippen molar-refractivity contribution in [1.29, 1.82) is 0 Å². The molecule has 4 nitrogen and oxygen atoms in total. The largest absolute Gasteiger partial charge is 0.458 e. The lowest BCUT2D eigenvalue weighted by molar-refractivity contribution is -0.0218. The molecule has 0 saturated carbocycles. The van der Waals surface area contributed by atoms with Crippen LogP contribution in [0, 0.1) is 4.77 Å². The topological polar surface area (TPSA) is 58.1 Å². The maximum atomic E-state index is 9.85. The molecule has 3 rings (SSSR count). The standard InChI is InChI=1S/C11H7ClN2O2S/c12-7-3-1-2-5-8-6(4-13-11(17)14-8)10(15)16-9(5)7/h1-4,10,15H,(H,13,14,17). The number of hydrogen-bond acceptors (Lipinski definition) is 4. The third-order valence-electron chi connectivity index (χ3n) is 2.57.